The SMILES string of the molecule is COc1ccc(Cl)cc1N(CC(=O)N(Cc1ccc(Cl)c(Cl)c1)C(C)C(=O)NC1CCCC1)S(=O)(=O)c1ccccc1. The zero-order valence-corrected chi connectivity index (χ0v) is 26.3. The summed E-state index contributed by atoms with van der Waals surface area (Å²) < 4.78 is 34.4. The summed E-state index contributed by atoms with van der Waals surface area (Å²) in [6.45, 7) is 0.979. The van der Waals surface area contributed by atoms with Gasteiger partial charge in [-0.25, -0.2) is 8.42 Å². The number of carbonyl (C=O) groups is 2. The largest absolute Gasteiger partial charge is 0.495 e. The molecule has 42 heavy (non-hydrogen) atoms. The molecule has 1 aliphatic rings. The molecule has 0 radical (unpaired) electrons. The highest BCUT2D eigenvalue weighted by Crippen LogP contribution is 2.35. The highest BCUT2D eigenvalue weighted by molar-refractivity contribution is 7.92. The number of methoxy groups -OCH3 is 1. The van der Waals surface area contributed by atoms with Crippen LogP contribution in [0.5, 0.6) is 5.75 Å². The summed E-state index contributed by atoms with van der Waals surface area (Å²) in [7, 11) is -2.88. The molecule has 12 heteroatoms. The number of hydrogen-bond donors (Lipinski definition) is 1. The molecule has 1 unspecified atom stereocenters. The summed E-state index contributed by atoms with van der Waals surface area (Å²) >= 11 is 18.6. The van der Waals surface area contributed by atoms with E-state index in [1.807, 2.05) is 0 Å². The summed E-state index contributed by atoms with van der Waals surface area (Å²) in [4.78, 5) is 28.8. The van der Waals surface area contributed by atoms with Crippen molar-refractivity contribution >= 4 is 62.3 Å². The second kappa shape index (κ2) is 14.0. The Balaban J connectivity index is 1.74. The van der Waals surface area contributed by atoms with Crippen LogP contribution in [0.3, 0.4) is 0 Å². The number of halogens is 3. The van der Waals surface area contributed by atoms with Gasteiger partial charge in [0, 0.05) is 17.6 Å². The predicted molar refractivity (Wildman–Crippen MR) is 166 cm³/mol. The zero-order chi connectivity index (χ0) is 30.4. The van der Waals surface area contributed by atoms with Gasteiger partial charge in [0.15, 0.2) is 0 Å². The predicted octanol–water partition coefficient (Wildman–Crippen LogP) is 6.33. The molecular formula is C30H32Cl3N3O5S. The van der Waals surface area contributed by atoms with E-state index in [0.717, 1.165) is 30.0 Å². The molecule has 0 heterocycles. The molecule has 1 atom stereocenters. The van der Waals surface area contributed by atoms with E-state index in [9.17, 15) is 18.0 Å². The van der Waals surface area contributed by atoms with Gasteiger partial charge in [0.2, 0.25) is 11.8 Å². The lowest BCUT2D eigenvalue weighted by atomic mass is 10.1. The minimum atomic E-state index is -4.27. The Kier molecular flexibility index (Phi) is 10.6. The van der Waals surface area contributed by atoms with Crippen LogP contribution in [0.2, 0.25) is 15.1 Å². The average molecular weight is 653 g/mol. The van der Waals surface area contributed by atoms with Crippen LogP contribution >= 0.6 is 34.8 Å². The van der Waals surface area contributed by atoms with Gasteiger partial charge in [-0.2, -0.15) is 0 Å². The number of hydrogen-bond acceptors (Lipinski definition) is 5. The minimum absolute atomic E-state index is 0.0130. The fourth-order valence-electron chi connectivity index (χ4n) is 4.90. The second-order valence-corrected chi connectivity index (χ2v) is 13.2. The molecule has 8 nitrogen and oxygen atoms in total. The van der Waals surface area contributed by atoms with Gasteiger partial charge in [-0.3, -0.25) is 13.9 Å². The standard InChI is InChI=1S/C30H32Cl3N3O5S/c1-20(30(38)34-23-8-6-7-9-23)35(18-21-12-14-25(32)26(33)16-21)29(37)19-36(27-17-22(31)13-15-28(27)41-2)42(39,40)24-10-4-3-5-11-24/h3-5,10-17,20,23H,6-9,18-19H2,1-2H3,(H,34,38). The van der Waals surface area contributed by atoms with Gasteiger partial charge in [0.1, 0.15) is 18.3 Å². The van der Waals surface area contributed by atoms with Crippen molar-refractivity contribution < 1.29 is 22.7 Å². The lowest BCUT2D eigenvalue weighted by Crippen LogP contribution is -2.52. The number of anilines is 1. The highest BCUT2D eigenvalue weighted by atomic mass is 35.5. The topological polar surface area (TPSA) is 96.0 Å². The maximum absolute atomic E-state index is 14.1. The molecular weight excluding hydrogens is 621 g/mol. The van der Waals surface area contributed by atoms with Crippen LogP contribution in [-0.2, 0) is 26.2 Å². The van der Waals surface area contributed by atoms with Crippen molar-refractivity contribution in [1.82, 2.24) is 10.2 Å². The van der Waals surface area contributed by atoms with Gasteiger partial charge >= 0.3 is 0 Å². The molecule has 3 aromatic carbocycles. The van der Waals surface area contributed by atoms with Gasteiger partial charge < -0.3 is 15.0 Å². The van der Waals surface area contributed by atoms with Crippen LogP contribution in [0, 0.1) is 0 Å². The Bertz CT molecular complexity index is 1530. The first kappa shape index (κ1) is 31.9. The highest BCUT2D eigenvalue weighted by Gasteiger charge is 2.34. The van der Waals surface area contributed by atoms with E-state index < -0.39 is 28.5 Å². The van der Waals surface area contributed by atoms with E-state index in [2.05, 4.69) is 5.32 Å². The van der Waals surface area contributed by atoms with Crippen molar-refractivity contribution in [2.24, 2.45) is 0 Å². The fraction of sp³-hybridized carbons (Fsp3) is 0.333. The molecule has 4 rings (SSSR count). The number of ether oxygens (including phenoxy) is 1. The Morgan fingerprint density at radius 2 is 1.67 bits per heavy atom. The third-order valence-corrected chi connectivity index (χ3v) is 9.97. The Labute approximate surface area is 261 Å². The summed E-state index contributed by atoms with van der Waals surface area (Å²) in [6, 6.07) is 16.3. The van der Waals surface area contributed by atoms with Gasteiger partial charge in [-0.05, 0) is 67.8 Å². The van der Waals surface area contributed by atoms with E-state index in [4.69, 9.17) is 39.5 Å². The molecule has 1 saturated carbocycles. The lowest BCUT2D eigenvalue weighted by molar-refractivity contribution is -0.139. The summed E-state index contributed by atoms with van der Waals surface area (Å²) in [5, 5.41) is 3.93. The Morgan fingerprint density at radius 1 is 0.976 bits per heavy atom. The number of sulfonamides is 1. The van der Waals surface area contributed by atoms with E-state index in [0.29, 0.717) is 15.6 Å². The minimum Gasteiger partial charge on any atom is -0.495 e. The van der Waals surface area contributed by atoms with Gasteiger partial charge in [-0.1, -0.05) is 71.9 Å². The molecule has 0 aliphatic heterocycles. The molecule has 0 spiro atoms. The number of amides is 2. The van der Waals surface area contributed by atoms with Gasteiger partial charge in [0.05, 0.1) is 27.7 Å². The van der Waals surface area contributed by atoms with Crippen LogP contribution in [0.25, 0.3) is 0 Å². The first-order valence-corrected chi connectivity index (χ1v) is 16.0. The lowest BCUT2D eigenvalue weighted by Gasteiger charge is -2.33. The van der Waals surface area contributed by atoms with Gasteiger partial charge in [0.25, 0.3) is 10.0 Å². The van der Waals surface area contributed by atoms with Crippen LogP contribution < -0.4 is 14.4 Å². The van der Waals surface area contributed by atoms with E-state index in [1.165, 1.54) is 36.3 Å². The normalized spacial score (nSPS) is 14.3. The van der Waals surface area contributed by atoms with Crippen molar-refractivity contribution in [2.45, 2.75) is 56.1 Å². The van der Waals surface area contributed by atoms with E-state index >= 15 is 0 Å². The molecule has 2 amide bonds. The van der Waals surface area contributed by atoms with E-state index in [-0.39, 0.29) is 39.8 Å². The van der Waals surface area contributed by atoms with Crippen molar-refractivity contribution in [1.29, 1.82) is 0 Å². The maximum atomic E-state index is 14.1. The molecule has 0 saturated heterocycles. The number of benzene rings is 3. The van der Waals surface area contributed by atoms with Crippen molar-refractivity contribution in [3.63, 3.8) is 0 Å². The van der Waals surface area contributed by atoms with Crippen molar-refractivity contribution in [2.75, 3.05) is 18.0 Å². The van der Waals surface area contributed by atoms with Crippen molar-refractivity contribution in [3.8, 4) is 5.75 Å². The molecule has 0 bridgehead atoms. The number of rotatable bonds is 11. The van der Waals surface area contributed by atoms with Gasteiger partial charge in [-0.15, -0.1) is 0 Å². The van der Waals surface area contributed by atoms with E-state index in [1.54, 1.807) is 49.4 Å². The molecule has 224 valence electrons. The monoisotopic (exact) mass is 651 g/mol. The summed E-state index contributed by atoms with van der Waals surface area (Å²) in [5.41, 5.74) is 0.704. The quantitative estimate of drug-likeness (QED) is 0.261. The third-order valence-electron chi connectivity index (χ3n) is 7.23. The molecule has 1 aliphatic carbocycles. The van der Waals surface area contributed by atoms with Crippen LogP contribution in [-0.4, -0.2) is 50.9 Å². The first-order valence-electron chi connectivity index (χ1n) is 13.5. The van der Waals surface area contributed by atoms with Crippen molar-refractivity contribution in [3.05, 3.63) is 87.4 Å². The number of carbonyl (C=O) groups excluding carboxylic acids is 2. The first-order chi connectivity index (χ1) is 20.0. The van der Waals surface area contributed by atoms with Crippen LogP contribution in [0.1, 0.15) is 38.2 Å². The fourth-order valence-corrected chi connectivity index (χ4v) is 6.82. The van der Waals surface area contributed by atoms with Crippen LogP contribution in [0.15, 0.2) is 71.6 Å². The zero-order valence-electron chi connectivity index (χ0n) is 23.2. The molecule has 1 N–H and O–H groups in total. The Morgan fingerprint density at radius 3 is 2.31 bits per heavy atom. The third kappa shape index (κ3) is 7.50. The molecule has 0 aromatic heterocycles. The average Bonchev–Trinajstić information content (AvgIpc) is 3.49. The van der Waals surface area contributed by atoms with Crippen LogP contribution in [0.4, 0.5) is 5.69 Å². The Hall–Kier alpha value is -2.98. The number of nitrogens with one attached hydrogen (secondary N) is 1. The molecule has 1 fully saturated rings. The maximum Gasteiger partial charge on any atom is 0.264 e. The second-order valence-electron chi connectivity index (χ2n) is 10.1. The summed E-state index contributed by atoms with van der Waals surface area (Å²) in [6.07, 6.45) is 3.80. The smallest absolute Gasteiger partial charge is 0.264 e. The summed E-state index contributed by atoms with van der Waals surface area (Å²) in [5.74, 6) is -0.737. The number of nitrogens with zero attached hydrogens (tertiary/aromatic N) is 2. The molecule has 3 aromatic rings.